The zero-order valence-corrected chi connectivity index (χ0v) is 14.1. The van der Waals surface area contributed by atoms with E-state index in [-0.39, 0.29) is 23.8 Å². The van der Waals surface area contributed by atoms with Crippen molar-refractivity contribution in [3.8, 4) is 0 Å². The highest BCUT2D eigenvalue weighted by Crippen LogP contribution is 2.27. The molecule has 2 atom stereocenters. The highest BCUT2D eigenvalue weighted by Gasteiger charge is 2.29. The summed E-state index contributed by atoms with van der Waals surface area (Å²) < 4.78 is 0. The standard InChI is InChI=1S/C17H31N3O2/c1-13(14(2)18)17(22)20-10-8-19(9-11-20)16(21)12-15-6-4-3-5-7-15/h13-15H,3-12,18H2,1-2H3. The van der Waals surface area contributed by atoms with Crippen molar-refractivity contribution in [1.82, 2.24) is 9.80 Å². The third kappa shape index (κ3) is 4.45. The molecule has 2 amide bonds. The number of piperazine rings is 1. The van der Waals surface area contributed by atoms with E-state index in [0.717, 1.165) is 0 Å². The highest BCUT2D eigenvalue weighted by molar-refractivity contribution is 5.80. The summed E-state index contributed by atoms with van der Waals surface area (Å²) in [5.41, 5.74) is 5.81. The monoisotopic (exact) mass is 309 g/mol. The molecule has 1 saturated heterocycles. The molecular formula is C17H31N3O2. The Hall–Kier alpha value is -1.10. The average molecular weight is 309 g/mol. The lowest BCUT2D eigenvalue weighted by Crippen LogP contribution is -2.53. The van der Waals surface area contributed by atoms with E-state index in [9.17, 15) is 9.59 Å². The van der Waals surface area contributed by atoms with Gasteiger partial charge in [-0.3, -0.25) is 9.59 Å². The number of rotatable bonds is 4. The van der Waals surface area contributed by atoms with E-state index >= 15 is 0 Å². The Morgan fingerprint density at radius 1 is 1.00 bits per heavy atom. The lowest BCUT2D eigenvalue weighted by Gasteiger charge is -2.37. The van der Waals surface area contributed by atoms with Crippen LogP contribution < -0.4 is 5.73 Å². The van der Waals surface area contributed by atoms with Crippen LogP contribution >= 0.6 is 0 Å². The first kappa shape index (κ1) is 17.3. The van der Waals surface area contributed by atoms with Crippen molar-refractivity contribution < 1.29 is 9.59 Å². The van der Waals surface area contributed by atoms with Gasteiger partial charge in [0.25, 0.3) is 0 Å². The highest BCUT2D eigenvalue weighted by atomic mass is 16.2. The molecule has 0 bridgehead atoms. The predicted octanol–water partition coefficient (Wildman–Crippen LogP) is 1.61. The molecule has 126 valence electrons. The second-order valence-corrected chi connectivity index (χ2v) is 7.06. The van der Waals surface area contributed by atoms with Gasteiger partial charge in [-0.05, 0) is 25.7 Å². The van der Waals surface area contributed by atoms with Crippen LogP contribution in [-0.4, -0.2) is 53.8 Å². The number of hydrogen-bond donors (Lipinski definition) is 1. The summed E-state index contributed by atoms with van der Waals surface area (Å²) in [6.45, 7) is 6.38. The van der Waals surface area contributed by atoms with Crippen molar-refractivity contribution >= 4 is 11.8 Å². The fourth-order valence-corrected chi connectivity index (χ4v) is 3.46. The molecule has 1 aliphatic carbocycles. The molecule has 2 aliphatic rings. The van der Waals surface area contributed by atoms with Crippen molar-refractivity contribution in [3.05, 3.63) is 0 Å². The number of nitrogens with zero attached hydrogens (tertiary/aromatic N) is 2. The van der Waals surface area contributed by atoms with E-state index in [2.05, 4.69) is 0 Å². The van der Waals surface area contributed by atoms with Crippen LogP contribution in [0.4, 0.5) is 0 Å². The molecule has 2 N–H and O–H groups in total. The molecule has 22 heavy (non-hydrogen) atoms. The number of carbonyl (C=O) groups is 2. The summed E-state index contributed by atoms with van der Waals surface area (Å²) >= 11 is 0. The van der Waals surface area contributed by atoms with Crippen LogP contribution in [0.5, 0.6) is 0 Å². The van der Waals surface area contributed by atoms with Gasteiger partial charge < -0.3 is 15.5 Å². The Balaban J connectivity index is 1.76. The fourth-order valence-electron chi connectivity index (χ4n) is 3.46. The summed E-state index contributed by atoms with van der Waals surface area (Å²) in [6.07, 6.45) is 6.98. The second-order valence-electron chi connectivity index (χ2n) is 7.06. The maximum Gasteiger partial charge on any atom is 0.227 e. The topological polar surface area (TPSA) is 66.6 Å². The fraction of sp³-hybridized carbons (Fsp3) is 0.882. The first-order chi connectivity index (χ1) is 10.5. The molecule has 2 rings (SSSR count). The molecule has 0 aromatic heterocycles. The maximum atomic E-state index is 12.4. The van der Waals surface area contributed by atoms with Crippen molar-refractivity contribution in [1.29, 1.82) is 0 Å². The van der Waals surface area contributed by atoms with E-state index in [4.69, 9.17) is 5.73 Å². The Kier molecular flexibility index (Phi) is 6.24. The first-order valence-corrected chi connectivity index (χ1v) is 8.81. The molecule has 5 heteroatoms. The molecule has 2 fully saturated rings. The van der Waals surface area contributed by atoms with E-state index in [1.54, 1.807) is 0 Å². The van der Waals surface area contributed by atoms with Crippen molar-refractivity contribution in [2.24, 2.45) is 17.6 Å². The van der Waals surface area contributed by atoms with Gasteiger partial charge in [-0.25, -0.2) is 0 Å². The molecular weight excluding hydrogens is 278 g/mol. The first-order valence-electron chi connectivity index (χ1n) is 8.81. The molecule has 0 aromatic carbocycles. The predicted molar refractivity (Wildman–Crippen MR) is 87.2 cm³/mol. The smallest absolute Gasteiger partial charge is 0.227 e. The lowest BCUT2D eigenvalue weighted by molar-refractivity contribution is -0.142. The molecule has 1 heterocycles. The van der Waals surface area contributed by atoms with Gasteiger partial charge in [0.15, 0.2) is 0 Å². The lowest BCUT2D eigenvalue weighted by atomic mass is 9.86. The van der Waals surface area contributed by atoms with E-state index in [1.165, 1.54) is 32.1 Å². The number of nitrogens with two attached hydrogens (primary N) is 1. The number of carbonyl (C=O) groups excluding carboxylic acids is 2. The Labute approximate surface area is 134 Å². The molecule has 0 aromatic rings. The minimum absolute atomic E-state index is 0.120. The summed E-state index contributed by atoms with van der Waals surface area (Å²) in [7, 11) is 0. The molecule has 1 saturated carbocycles. The van der Waals surface area contributed by atoms with Crippen molar-refractivity contribution in [2.75, 3.05) is 26.2 Å². The quantitative estimate of drug-likeness (QED) is 0.858. The Morgan fingerprint density at radius 2 is 1.55 bits per heavy atom. The Morgan fingerprint density at radius 3 is 2.09 bits per heavy atom. The van der Waals surface area contributed by atoms with Gasteiger partial charge >= 0.3 is 0 Å². The van der Waals surface area contributed by atoms with Crippen LogP contribution in [0.2, 0.25) is 0 Å². The summed E-state index contributed by atoms with van der Waals surface area (Å²) in [5.74, 6) is 0.831. The van der Waals surface area contributed by atoms with Crippen molar-refractivity contribution in [2.45, 2.75) is 58.4 Å². The summed E-state index contributed by atoms with van der Waals surface area (Å²) in [6, 6.07) is -0.126. The van der Waals surface area contributed by atoms with Crippen LogP contribution in [0.3, 0.4) is 0 Å². The van der Waals surface area contributed by atoms with Gasteiger partial charge in [0.2, 0.25) is 11.8 Å². The minimum Gasteiger partial charge on any atom is -0.339 e. The molecule has 1 aliphatic heterocycles. The van der Waals surface area contributed by atoms with Gasteiger partial charge in [-0.2, -0.15) is 0 Å². The van der Waals surface area contributed by atoms with Gasteiger partial charge in [0.1, 0.15) is 0 Å². The normalized spacial score (nSPS) is 23.2. The largest absolute Gasteiger partial charge is 0.339 e. The third-order valence-corrected chi connectivity index (χ3v) is 5.31. The number of hydrogen-bond acceptors (Lipinski definition) is 3. The molecule has 0 spiro atoms. The summed E-state index contributed by atoms with van der Waals surface area (Å²) in [5, 5.41) is 0. The van der Waals surface area contributed by atoms with E-state index < -0.39 is 0 Å². The minimum atomic E-state index is -0.149. The van der Waals surface area contributed by atoms with Crippen LogP contribution in [0.1, 0.15) is 52.4 Å². The zero-order chi connectivity index (χ0) is 16.1. The van der Waals surface area contributed by atoms with E-state index in [0.29, 0.717) is 38.5 Å². The third-order valence-electron chi connectivity index (χ3n) is 5.31. The molecule has 5 nitrogen and oxygen atoms in total. The van der Waals surface area contributed by atoms with Crippen LogP contribution in [0.25, 0.3) is 0 Å². The van der Waals surface area contributed by atoms with Gasteiger partial charge in [-0.1, -0.05) is 26.2 Å². The maximum absolute atomic E-state index is 12.4. The number of amides is 2. The molecule has 2 unspecified atom stereocenters. The Bertz CT molecular complexity index is 383. The SMILES string of the molecule is CC(N)C(C)C(=O)N1CCN(C(=O)CC2CCCCC2)CC1. The average Bonchev–Trinajstić information content (AvgIpc) is 2.54. The van der Waals surface area contributed by atoms with Gasteiger partial charge in [0.05, 0.1) is 5.92 Å². The van der Waals surface area contributed by atoms with Gasteiger partial charge in [0, 0.05) is 38.6 Å². The second kappa shape index (κ2) is 7.95. The van der Waals surface area contributed by atoms with Crippen molar-refractivity contribution in [3.63, 3.8) is 0 Å². The van der Waals surface area contributed by atoms with Crippen LogP contribution in [0, 0.1) is 11.8 Å². The van der Waals surface area contributed by atoms with Crippen LogP contribution in [-0.2, 0) is 9.59 Å². The zero-order valence-electron chi connectivity index (χ0n) is 14.1. The van der Waals surface area contributed by atoms with E-state index in [1.807, 2.05) is 23.6 Å². The van der Waals surface area contributed by atoms with Gasteiger partial charge in [-0.15, -0.1) is 0 Å². The summed E-state index contributed by atoms with van der Waals surface area (Å²) in [4.78, 5) is 28.5. The van der Waals surface area contributed by atoms with Crippen LogP contribution in [0.15, 0.2) is 0 Å². The molecule has 0 radical (unpaired) electrons.